The van der Waals surface area contributed by atoms with E-state index in [-0.39, 0.29) is 17.8 Å². The van der Waals surface area contributed by atoms with Gasteiger partial charge in [0.05, 0.1) is 25.9 Å². The quantitative estimate of drug-likeness (QED) is 0.0607. The zero-order valence-corrected chi connectivity index (χ0v) is 27.6. The summed E-state index contributed by atoms with van der Waals surface area (Å²) in [6.07, 6.45) is -25.0. The Morgan fingerprint density at radius 2 is 1.18 bits per heavy atom. The molecule has 20 unspecified atom stereocenters. The van der Waals surface area contributed by atoms with Crippen LogP contribution in [0.5, 0.6) is 0 Å². The molecule has 0 spiro atoms. The van der Waals surface area contributed by atoms with E-state index in [1.807, 2.05) is 0 Å². The third kappa shape index (κ3) is 6.95. The smallest absolute Gasteiger partial charge is 0.334 e. The van der Waals surface area contributed by atoms with Gasteiger partial charge in [-0.3, -0.25) is 0 Å². The van der Waals surface area contributed by atoms with E-state index in [1.165, 1.54) is 0 Å². The number of esters is 1. The molecular formula is C33H48O18. The lowest BCUT2D eigenvalue weighted by atomic mass is 9.82. The van der Waals surface area contributed by atoms with Gasteiger partial charge in [-0.15, -0.1) is 0 Å². The summed E-state index contributed by atoms with van der Waals surface area (Å²) in [5, 5.41) is 105. The van der Waals surface area contributed by atoms with Crippen LogP contribution in [0.2, 0.25) is 0 Å². The Balaban J connectivity index is 1.14. The van der Waals surface area contributed by atoms with Gasteiger partial charge in [-0.1, -0.05) is 25.3 Å². The Morgan fingerprint density at radius 1 is 0.627 bits per heavy atom. The molecule has 4 heterocycles. The second kappa shape index (κ2) is 15.4. The van der Waals surface area contributed by atoms with Crippen LogP contribution < -0.4 is 0 Å². The molecule has 0 aromatic rings. The highest BCUT2D eigenvalue weighted by Crippen LogP contribution is 2.53. The fourth-order valence-corrected chi connectivity index (χ4v) is 8.14. The number of allylic oxidation sites excluding steroid dienone is 1. The Labute approximate surface area is 292 Å². The lowest BCUT2D eigenvalue weighted by Gasteiger charge is -2.48. The van der Waals surface area contributed by atoms with E-state index in [9.17, 15) is 55.9 Å². The summed E-state index contributed by atoms with van der Waals surface area (Å²) in [5.41, 5.74) is 1.92. The van der Waals surface area contributed by atoms with Crippen molar-refractivity contribution in [3.63, 3.8) is 0 Å². The first-order valence-corrected chi connectivity index (χ1v) is 17.0. The van der Waals surface area contributed by atoms with Crippen molar-refractivity contribution in [1.82, 2.24) is 0 Å². The normalized spacial score (nSPS) is 50.5. The zero-order chi connectivity index (χ0) is 37.0. The monoisotopic (exact) mass is 732 g/mol. The van der Waals surface area contributed by atoms with Crippen LogP contribution in [0.3, 0.4) is 0 Å². The van der Waals surface area contributed by atoms with Gasteiger partial charge in [0.1, 0.15) is 79.4 Å². The summed E-state index contributed by atoms with van der Waals surface area (Å²) < 4.78 is 40.0. The van der Waals surface area contributed by atoms with Gasteiger partial charge < -0.3 is 84.2 Å². The lowest BCUT2D eigenvalue weighted by Crippen LogP contribution is -2.67. The minimum absolute atomic E-state index is 0.149. The van der Waals surface area contributed by atoms with Gasteiger partial charge in [0.15, 0.2) is 18.9 Å². The SMILES string of the molecule is C=C1C(=O)OC2C1CCC(=C)C1CC(OC3OC(CO)C(OC4OC(CO)C(O)C(OC5OC(CO)C(O)C(O)C5O)C4O)C(O)C3O)C(=C)C12. The van der Waals surface area contributed by atoms with Crippen molar-refractivity contribution in [3.05, 3.63) is 36.5 Å². The van der Waals surface area contributed by atoms with Crippen LogP contribution in [0.15, 0.2) is 36.5 Å². The second-order valence-corrected chi connectivity index (χ2v) is 14.1. The maximum Gasteiger partial charge on any atom is 0.334 e. The van der Waals surface area contributed by atoms with Crippen molar-refractivity contribution < 1.29 is 89.0 Å². The molecule has 0 bridgehead atoms. The number of hydrogen-bond donors (Lipinski definition) is 10. The summed E-state index contributed by atoms with van der Waals surface area (Å²) in [6.45, 7) is 9.99. The predicted molar refractivity (Wildman–Crippen MR) is 166 cm³/mol. The highest BCUT2D eigenvalue weighted by atomic mass is 16.8. The largest absolute Gasteiger partial charge is 0.458 e. The van der Waals surface area contributed by atoms with E-state index in [4.69, 9.17) is 33.2 Å². The standard InChI is InChI=1S/C33H48O18/c1-10-4-5-13-11(2)30(44)49-27(13)19-12(3)15(6-14(10)19)45-31-25(42)23(40)28(18(9-36)48-31)50-33-26(43)29(21(38)17(8-35)47-33)51-32-24(41)22(39)20(37)16(7-34)46-32/h13-29,31-43H,1-9H2. The molecule has 51 heavy (non-hydrogen) atoms. The summed E-state index contributed by atoms with van der Waals surface area (Å²) in [6, 6.07) is 0. The van der Waals surface area contributed by atoms with Gasteiger partial charge in [0, 0.05) is 17.4 Å². The molecule has 6 fully saturated rings. The third-order valence-electron chi connectivity index (χ3n) is 11.1. The fraction of sp³-hybridized carbons (Fsp3) is 0.788. The molecule has 4 aliphatic heterocycles. The molecule has 20 atom stereocenters. The van der Waals surface area contributed by atoms with Crippen LogP contribution in [0, 0.1) is 17.8 Å². The maximum absolute atomic E-state index is 12.4. The van der Waals surface area contributed by atoms with Crippen LogP contribution >= 0.6 is 0 Å². The molecule has 6 aliphatic rings. The fourth-order valence-electron chi connectivity index (χ4n) is 8.14. The van der Waals surface area contributed by atoms with Crippen molar-refractivity contribution in [2.75, 3.05) is 19.8 Å². The number of carbonyl (C=O) groups excluding carboxylic acids is 1. The van der Waals surface area contributed by atoms with Gasteiger partial charge in [-0.05, 0) is 30.8 Å². The van der Waals surface area contributed by atoms with Crippen LogP contribution in [0.1, 0.15) is 19.3 Å². The molecule has 18 heteroatoms. The van der Waals surface area contributed by atoms with Crippen molar-refractivity contribution in [2.24, 2.45) is 17.8 Å². The van der Waals surface area contributed by atoms with Crippen molar-refractivity contribution in [3.8, 4) is 0 Å². The van der Waals surface area contributed by atoms with Gasteiger partial charge >= 0.3 is 5.97 Å². The van der Waals surface area contributed by atoms with E-state index in [0.29, 0.717) is 30.4 Å². The van der Waals surface area contributed by atoms with E-state index in [0.717, 1.165) is 5.57 Å². The Hall–Kier alpha value is -1.95. The molecular weight excluding hydrogens is 684 g/mol. The van der Waals surface area contributed by atoms with Crippen LogP contribution in [0.25, 0.3) is 0 Å². The van der Waals surface area contributed by atoms with E-state index >= 15 is 0 Å². The molecule has 288 valence electrons. The number of aliphatic hydroxyl groups is 10. The molecule has 0 radical (unpaired) electrons. The van der Waals surface area contributed by atoms with Gasteiger partial charge in [-0.2, -0.15) is 0 Å². The average molecular weight is 733 g/mol. The number of carbonyl (C=O) groups is 1. The average Bonchev–Trinajstić information content (AvgIpc) is 3.54. The van der Waals surface area contributed by atoms with Gasteiger partial charge in [0.2, 0.25) is 0 Å². The second-order valence-electron chi connectivity index (χ2n) is 14.1. The molecule has 0 aromatic carbocycles. The van der Waals surface area contributed by atoms with Gasteiger partial charge in [-0.25, -0.2) is 4.79 Å². The lowest BCUT2D eigenvalue weighted by molar-refractivity contribution is -0.381. The van der Waals surface area contributed by atoms with Crippen molar-refractivity contribution in [2.45, 2.75) is 124 Å². The third-order valence-corrected chi connectivity index (χ3v) is 11.1. The number of hydrogen-bond acceptors (Lipinski definition) is 18. The number of fused-ring (bicyclic) bond motifs is 3. The highest BCUT2D eigenvalue weighted by molar-refractivity contribution is 5.91. The number of aliphatic hydroxyl groups excluding tert-OH is 10. The molecule has 10 N–H and O–H groups in total. The minimum Gasteiger partial charge on any atom is -0.458 e. The first-order valence-electron chi connectivity index (χ1n) is 17.0. The molecule has 4 saturated heterocycles. The summed E-state index contributed by atoms with van der Waals surface area (Å²) in [5.74, 6) is -1.14. The predicted octanol–water partition coefficient (Wildman–Crippen LogP) is -4.54. The van der Waals surface area contributed by atoms with Crippen molar-refractivity contribution >= 4 is 5.97 Å². The Bertz CT molecular complexity index is 1310. The van der Waals surface area contributed by atoms with Crippen LogP contribution in [-0.2, 0) is 38.0 Å². The highest BCUT2D eigenvalue weighted by Gasteiger charge is 2.57. The summed E-state index contributed by atoms with van der Waals surface area (Å²) >= 11 is 0. The molecule has 2 aliphatic carbocycles. The summed E-state index contributed by atoms with van der Waals surface area (Å²) in [4.78, 5) is 12.4. The van der Waals surface area contributed by atoms with E-state index < -0.39 is 130 Å². The van der Waals surface area contributed by atoms with Crippen LogP contribution in [-0.4, -0.2) is 181 Å². The number of ether oxygens (including phenoxy) is 7. The minimum atomic E-state index is -1.94. The topological polar surface area (TPSA) is 284 Å². The summed E-state index contributed by atoms with van der Waals surface area (Å²) in [7, 11) is 0. The Morgan fingerprint density at radius 3 is 1.82 bits per heavy atom. The van der Waals surface area contributed by atoms with Crippen LogP contribution in [0.4, 0.5) is 0 Å². The van der Waals surface area contributed by atoms with Gasteiger partial charge in [0.25, 0.3) is 0 Å². The molecule has 0 aromatic heterocycles. The Kier molecular flexibility index (Phi) is 11.7. The van der Waals surface area contributed by atoms with E-state index in [2.05, 4.69) is 19.7 Å². The molecule has 2 saturated carbocycles. The maximum atomic E-state index is 12.4. The molecule has 0 amide bonds. The number of rotatable bonds is 9. The molecule has 18 nitrogen and oxygen atoms in total. The van der Waals surface area contributed by atoms with E-state index in [1.54, 1.807) is 0 Å². The first-order chi connectivity index (χ1) is 24.2. The first kappa shape index (κ1) is 38.8. The molecule has 6 rings (SSSR count). The van der Waals surface area contributed by atoms with Crippen molar-refractivity contribution in [1.29, 1.82) is 0 Å². The zero-order valence-electron chi connectivity index (χ0n) is 27.6.